The average molecular weight is 472 g/mol. The van der Waals surface area contributed by atoms with Crippen LogP contribution < -0.4 is 9.64 Å². The number of aromatic nitrogens is 3. The molecule has 3 heterocycles. The smallest absolute Gasteiger partial charge is 0.255 e. The average Bonchev–Trinajstić information content (AvgIpc) is 2.90. The molecule has 2 aromatic heterocycles. The molecule has 5 rings (SSSR count). The lowest BCUT2D eigenvalue weighted by atomic mass is 10.1. The van der Waals surface area contributed by atoms with Crippen LogP contribution in [0.1, 0.15) is 10.4 Å². The Kier molecular flexibility index (Phi) is 6.35. The number of ether oxygens (including phenoxy) is 1. The second kappa shape index (κ2) is 9.89. The topological polar surface area (TPSA) is 71.5 Å². The molecule has 0 atom stereocenters. The number of benzene rings is 2. The molecule has 170 valence electrons. The highest BCUT2D eigenvalue weighted by Gasteiger charge is 2.24. The van der Waals surface area contributed by atoms with Crippen molar-refractivity contribution in [1.29, 1.82) is 0 Å². The van der Waals surface area contributed by atoms with Crippen molar-refractivity contribution >= 4 is 23.5 Å². The van der Waals surface area contributed by atoms with Gasteiger partial charge >= 0.3 is 0 Å². The molecule has 7 nitrogen and oxygen atoms in total. The van der Waals surface area contributed by atoms with Crippen molar-refractivity contribution in [2.24, 2.45) is 0 Å². The third kappa shape index (κ3) is 5.00. The summed E-state index contributed by atoms with van der Waals surface area (Å²) in [5.41, 5.74) is 2.35. The van der Waals surface area contributed by atoms with E-state index in [4.69, 9.17) is 21.3 Å². The predicted octanol–water partition coefficient (Wildman–Crippen LogP) is 4.95. The molecule has 0 saturated carbocycles. The molecular weight excluding hydrogens is 450 g/mol. The quantitative estimate of drug-likeness (QED) is 0.384. The highest BCUT2D eigenvalue weighted by molar-refractivity contribution is 6.29. The summed E-state index contributed by atoms with van der Waals surface area (Å²) < 4.78 is 5.87. The number of para-hydroxylation sites is 1. The van der Waals surface area contributed by atoms with Gasteiger partial charge < -0.3 is 14.5 Å². The summed E-state index contributed by atoms with van der Waals surface area (Å²) in [6, 6.07) is 22.7. The Bertz CT molecular complexity index is 1260. The fourth-order valence-electron chi connectivity index (χ4n) is 3.77. The Morgan fingerprint density at radius 3 is 2.26 bits per heavy atom. The van der Waals surface area contributed by atoms with Crippen LogP contribution >= 0.6 is 11.6 Å². The van der Waals surface area contributed by atoms with Crippen LogP contribution in [-0.4, -0.2) is 51.9 Å². The number of hydrogen-bond donors (Lipinski definition) is 0. The first-order valence-corrected chi connectivity index (χ1v) is 11.4. The molecule has 2 aromatic carbocycles. The van der Waals surface area contributed by atoms with Gasteiger partial charge in [-0.3, -0.25) is 4.79 Å². The zero-order chi connectivity index (χ0) is 23.3. The minimum absolute atomic E-state index is 0.0451. The van der Waals surface area contributed by atoms with E-state index < -0.39 is 0 Å². The number of halogens is 1. The fourth-order valence-corrected chi connectivity index (χ4v) is 3.89. The van der Waals surface area contributed by atoms with Crippen LogP contribution in [0.25, 0.3) is 11.3 Å². The van der Waals surface area contributed by atoms with E-state index in [-0.39, 0.29) is 5.91 Å². The molecule has 1 amide bonds. The van der Waals surface area contributed by atoms with Crippen LogP contribution in [0.5, 0.6) is 11.5 Å². The molecular formula is C26H22ClN5O2. The van der Waals surface area contributed by atoms with Crippen molar-refractivity contribution < 1.29 is 9.53 Å². The molecule has 0 radical (unpaired) electrons. The molecule has 0 bridgehead atoms. The molecule has 0 unspecified atom stereocenters. The van der Waals surface area contributed by atoms with Crippen LogP contribution in [0.2, 0.25) is 5.15 Å². The van der Waals surface area contributed by atoms with Gasteiger partial charge in [-0.05, 0) is 54.6 Å². The van der Waals surface area contributed by atoms with Crippen molar-refractivity contribution in [3.63, 3.8) is 0 Å². The SMILES string of the molecule is O=C(c1ccc(Cl)nc1)N1CCN(c2nccc(-c3ccc(Oc4ccccc4)cc3)n2)CC1. The molecule has 8 heteroatoms. The van der Waals surface area contributed by atoms with Gasteiger partial charge in [0, 0.05) is 44.1 Å². The molecule has 1 saturated heterocycles. The van der Waals surface area contributed by atoms with E-state index >= 15 is 0 Å². The maximum atomic E-state index is 12.7. The lowest BCUT2D eigenvalue weighted by Crippen LogP contribution is -2.49. The third-order valence-electron chi connectivity index (χ3n) is 5.60. The normalized spacial score (nSPS) is 13.6. The van der Waals surface area contributed by atoms with Gasteiger partial charge in [0.2, 0.25) is 5.95 Å². The highest BCUT2D eigenvalue weighted by atomic mass is 35.5. The minimum atomic E-state index is -0.0451. The summed E-state index contributed by atoms with van der Waals surface area (Å²) in [7, 11) is 0. The highest BCUT2D eigenvalue weighted by Crippen LogP contribution is 2.26. The van der Waals surface area contributed by atoms with Crippen molar-refractivity contribution in [1.82, 2.24) is 19.9 Å². The van der Waals surface area contributed by atoms with Crippen LogP contribution in [0.4, 0.5) is 5.95 Å². The van der Waals surface area contributed by atoms with Gasteiger partial charge in [0.25, 0.3) is 5.91 Å². The summed E-state index contributed by atoms with van der Waals surface area (Å²) in [4.78, 5) is 29.9. The first-order valence-electron chi connectivity index (χ1n) is 11.0. The van der Waals surface area contributed by atoms with Gasteiger partial charge in [-0.25, -0.2) is 15.0 Å². The maximum Gasteiger partial charge on any atom is 0.255 e. The predicted molar refractivity (Wildman–Crippen MR) is 131 cm³/mol. The molecule has 1 aliphatic rings. The zero-order valence-electron chi connectivity index (χ0n) is 18.3. The van der Waals surface area contributed by atoms with Crippen LogP contribution in [-0.2, 0) is 0 Å². The largest absolute Gasteiger partial charge is 0.457 e. The second-order valence-electron chi connectivity index (χ2n) is 7.83. The van der Waals surface area contributed by atoms with Crippen molar-refractivity contribution in [2.45, 2.75) is 0 Å². The van der Waals surface area contributed by atoms with Crippen molar-refractivity contribution in [3.8, 4) is 22.8 Å². The van der Waals surface area contributed by atoms with E-state index in [0.29, 0.717) is 42.8 Å². The third-order valence-corrected chi connectivity index (χ3v) is 5.82. The van der Waals surface area contributed by atoms with Crippen LogP contribution in [0.3, 0.4) is 0 Å². The lowest BCUT2D eigenvalue weighted by molar-refractivity contribution is 0.0746. The Hall–Kier alpha value is -3.97. The fraction of sp³-hybridized carbons (Fsp3) is 0.154. The molecule has 0 aliphatic carbocycles. The number of carbonyl (C=O) groups excluding carboxylic acids is 1. The van der Waals surface area contributed by atoms with Crippen molar-refractivity contribution in [2.75, 3.05) is 31.1 Å². The first kappa shape index (κ1) is 21.9. The molecule has 0 spiro atoms. The molecule has 0 N–H and O–H groups in total. The van der Waals surface area contributed by atoms with Gasteiger partial charge in [-0.15, -0.1) is 0 Å². The van der Waals surface area contributed by atoms with Crippen LogP contribution in [0.15, 0.2) is 85.2 Å². The van der Waals surface area contributed by atoms with E-state index in [1.165, 1.54) is 6.20 Å². The van der Waals surface area contributed by atoms with E-state index in [1.807, 2.05) is 65.6 Å². The number of carbonyl (C=O) groups is 1. The first-order chi connectivity index (χ1) is 16.7. The Labute approximate surface area is 202 Å². The summed E-state index contributed by atoms with van der Waals surface area (Å²) in [6.07, 6.45) is 3.28. The number of nitrogens with zero attached hydrogens (tertiary/aromatic N) is 5. The molecule has 4 aromatic rings. The number of anilines is 1. The number of piperazine rings is 1. The summed E-state index contributed by atoms with van der Waals surface area (Å²) in [5, 5.41) is 0.372. The van der Waals surface area contributed by atoms with Crippen LogP contribution in [0, 0.1) is 0 Å². The minimum Gasteiger partial charge on any atom is -0.457 e. The van der Waals surface area contributed by atoms with Gasteiger partial charge in [-0.1, -0.05) is 29.8 Å². The van der Waals surface area contributed by atoms with E-state index in [2.05, 4.69) is 14.9 Å². The molecule has 1 aliphatic heterocycles. The Balaban J connectivity index is 1.23. The number of pyridine rings is 1. The zero-order valence-corrected chi connectivity index (χ0v) is 19.1. The Morgan fingerprint density at radius 2 is 1.56 bits per heavy atom. The van der Waals surface area contributed by atoms with Crippen molar-refractivity contribution in [3.05, 3.63) is 95.9 Å². The summed E-state index contributed by atoms with van der Waals surface area (Å²) in [6.45, 7) is 2.47. The summed E-state index contributed by atoms with van der Waals surface area (Å²) in [5.74, 6) is 2.17. The molecule has 34 heavy (non-hydrogen) atoms. The monoisotopic (exact) mass is 471 g/mol. The van der Waals surface area contributed by atoms with Gasteiger partial charge in [-0.2, -0.15) is 0 Å². The standard InChI is InChI=1S/C26H22ClN5O2/c27-24-11-8-20(18-29-24)25(33)31-14-16-32(17-15-31)26-28-13-12-23(30-26)19-6-9-22(10-7-19)34-21-4-2-1-3-5-21/h1-13,18H,14-17H2. The van der Waals surface area contributed by atoms with Gasteiger partial charge in [0.15, 0.2) is 0 Å². The number of rotatable bonds is 5. The van der Waals surface area contributed by atoms with E-state index in [9.17, 15) is 4.79 Å². The lowest BCUT2D eigenvalue weighted by Gasteiger charge is -2.34. The maximum absolute atomic E-state index is 12.7. The molecule has 1 fully saturated rings. The van der Waals surface area contributed by atoms with E-state index in [1.54, 1.807) is 18.3 Å². The number of amides is 1. The second-order valence-corrected chi connectivity index (χ2v) is 8.22. The van der Waals surface area contributed by atoms with E-state index in [0.717, 1.165) is 22.8 Å². The summed E-state index contributed by atoms with van der Waals surface area (Å²) >= 11 is 5.82. The van der Waals surface area contributed by atoms with Gasteiger partial charge in [0.1, 0.15) is 16.7 Å². The Morgan fingerprint density at radius 1 is 0.824 bits per heavy atom. The van der Waals surface area contributed by atoms with Gasteiger partial charge in [0.05, 0.1) is 11.3 Å². The number of hydrogen-bond acceptors (Lipinski definition) is 6.